The Hall–Kier alpha value is -2.04. The van der Waals surface area contributed by atoms with Gasteiger partial charge in [-0.25, -0.2) is 0 Å². The molecule has 1 rings (SSSR count). The van der Waals surface area contributed by atoms with Crippen LogP contribution in [-0.4, -0.2) is 24.4 Å². The molecule has 5 nitrogen and oxygen atoms in total. The maximum absolute atomic E-state index is 11.7. The number of rotatable bonds is 5. The molecular formula is C13H19N3O2. The molecule has 1 unspecified atom stereocenters. The van der Waals surface area contributed by atoms with Crippen molar-refractivity contribution in [2.24, 2.45) is 0 Å². The third kappa shape index (κ3) is 4.45. The molecule has 0 saturated carbocycles. The van der Waals surface area contributed by atoms with Crippen molar-refractivity contribution in [1.29, 1.82) is 0 Å². The predicted molar refractivity (Wildman–Crippen MR) is 71.1 cm³/mol. The van der Waals surface area contributed by atoms with Gasteiger partial charge in [-0.05, 0) is 37.6 Å². The fourth-order valence-corrected chi connectivity index (χ4v) is 1.33. The van der Waals surface area contributed by atoms with Crippen LogP contribution in [0.15, 0.2) is 24.3 Å². The minimum atomic E-state index is -0.283. The van der Waals surface area contributed by atoms with E-state index in [4.69, 9.17) is 5.73 Å². The van der Waals surface area contributed by atoms with Crippen LogP contribution in [0.4, 0.5) is 5.69 Å². The van der Waals surface area contributed by atoms with Crippen molar-refractivity contribution in [3.63, 3.8) is 0 Å². The van der Waals surface area contributed by atoms with Gasteiger partial charge in [0.2, 0.25) is 5.91 Å². The van der Waals surface area contributed by atoms with Crippen molar-refractivity contribution in [3.8, 4) is 0 Å². The monoisotopic (exact) mass is 249 g/mol. The summed E-state index contributed by atoms with van der Waals surface area (Å²) in [7, 11) is 0. The van der Waals surface area contributed by atoms with Crippen molar-refractivity contribution >= 4 is 17.5 Å². The van der Waals surface area contributed by atoms with E-state index >= 15 is 0 Å². The zero-order chi connectivity index (χ0) is 13.5. The first-order valence-electron chi connectivity index (χ1n) is 5.96. The van der Waals surface area contributed by atoms with Crippen LogP contribution in [-0.2, 0) is 4.79 Å². The first-order valence-corrected chi connectivity index (χ1v) is 5.96. The lowest BCUT2D eigenvalue weighted by Crippen LogP contribution is -2.40. The molecule has 0 aromatic heterocycles. The van der Waals surface area contributed by atoms with Crippen LogP contribution in [0.2, 0.25) is 0 Å². The summed E-state index contributed by atoms with van der Waals surface area (Å²) in [6, 6.07) is 6.66. The van der Waals surface area contributed by atoms with Crippen molar-refractivity contribution in [1.82, 2.24) is 10.6 Å². The van der Waals surface area contributed by atoms with E-state index < -0.39 is 0 Å². The Balaban J connectivity index is 2.41. The highest BCUT2D eigenvalue weighted by molar-refractivity contribution is 5.96. The van der Waals surface area contributed by atoms with Gasteiger partial charge >= 0.3 is 0 Å². The van der Waals surface area contributed by atoms with Crippen LogP contribution in [0.25, 0.3) is 0 Å². The number of anilines is 1. The molecule has 0 aliphatic heterocycles. The maximum Gasteiger partial charge on any atom is 0.251 e. The highest BCUT2D eigenvalue weighted by Gasteiger charge is 2.09. The number of hydrogen-bond donors (Lipinski definition) is 3. The molecule has 0 fully saturated rings. The molecule has 98 valence electrons. The van der Waals surface area contributed by atoms with E-state index in [1.807, 2.05) is 13.8 Å². The van der Waals surface area contributed by atoms with Crippen LogP contribution < -0.4 is 16.4 Å². The molecule has 0 aliphatic rings. The number of amides is 2. The van der Waals surface area contributed by atoms with Gasteiger partial charge in [0.05, 0.1) is 6.54 Å². The van der Waals surface area contributed by atoms with Crippen LogP contribution in [0.3, 0.4) is 0 Å². The van der Waals surface area contributed by atoms with E-state index in [1.165, 1.54) is 0 Å². The molecule has 18 heavy (non-hydrogen) atoms. The number of nitrogens with one attached hydrogen (secondary N) is 2. The van der Waals surface area contributed by atoms with Crippen LogP contribution in [0.1, 0.15) is 30.6 Å². The standard InChI is InChI=1S/C13H19N3O2/c1-3-9(2)16-12(17)8-15-13(18)10-4-6-11(14)7-5-10/h4-7,9H,3,8,14H2,1-2H3,(H,15,18)(H,16,17). The zero-order valence-corrected chi connectivity index (χ0v) is 10.7. The summed E-state index contributed by atoms with van der Waals surface area (Å²) < 4.78 is 0. The van der Waals surface area contributed by atoms with Gasteiger partial charge in [-0.15, -0.1) is 0 Å². The molecular weight excluding hydrogens is 230 g/mol. The highest BCUT2D eigenvalue weighted by Crippen LogP contribution is 2.04. The molecule has 1 aromatic rings. The molecule has 4 N–H and O–H groups in total. The summed E-state index contributed by atoms with van der Waals surface area (Å²) in [6.07, 6.45) is 0.859. The van der Waals surface area contributed by atoms with Crippen LogP contribution >= 0.6 is 0 Å². The molecule has 0 bridgehead atoms. The normalized spacial score (nSPS) is 11.7. The molecule has 0 heterocycles. The highest BCUT2D eigenvalue weighted by atomic mass is 16.2. The number of nitrogen functional groups attached to an aromatic ring is 1. The van der Waals surface area contributed by atoms with E-state index in [0.717, 1.165) is 6.42 Å². The van der Waals surface area contributed by atoms with E-state index in [-0.39, 0.29) is 24.4 Å². The fourth-order valence-electron chi connectivity index (χ4n) is 1.33. The van der Waals surface area contributed by atoms with Crippen LogP contribution in [0, 0.1) is 0 Å². The van der Waals surface area contributed by atoms with Gasteiger partial charge in [0.1, 0.15) is 0 Å². The Labute approximate surface area is 107 Å². The topological polar surface area (TPSA) is 84.2 Å². The number of hydrogen-bond acceptors (Lipinski definition) is 3. The SMILES string of the molecule is CCC(C)NC(=O)CNC(=O)c1ccc(N)cc1. The van der Waals surface area contributed by atoms with Gasteiger partial charge in [0.25, 0.3) is 5.91 Å². The van der Waals surface area contributed by atoms with Crippen molar-refractivity contribution in [2.45, 2.75) is 26.3 Å². The van der Waals surface area contributed by atoms with Crippen LogP contribution in [0.5, 0.6) is 0 Å². The summed E-state index contributed by atoms with van der Waals surface area (Å²) in [5.74, 6) is -0.470. The quantitative estimate of drug-likeness (QED) is 0.678. The second kappa shape index (κ2) is 6.64. The van der Waals surface area contributed by atoms with Gasteiger partial charge in [-0.2, -0.15) is 0 Å². The molecule has 0 aliphatic carbocycles. The Morgan fingerprint density at radius 3 is 2.44 bits per heavy atom. The third-order valence-corrected chi connectivity index (χ3v) is 2.60. The van der Waals surface area contributed by atoms with Gasteiger partial charge < -0.3 is 16.4 Å². The van der Waals surface area contributed by atoms with Crippen molar-refractivity contribution in [3.05, 3.63) is 29.8 Å². The first-order chi connectivity index (χ1) is 8.52. The Morgan fingerprint density at radius 2 is 1.89 bits per heavy atom. The lowest BCUT2D eigenvalue weighted by molar-refractivity contribution is -0.120. The molecule has 5 heteroatoms. The third-order valence-electron chi connectivity index (χ3n) is 2.60. The second-order valence-corrected chi connectivity index (χ2v) is 4.18. The molecule has 0 saturated heterocycles. The average Bonchev–Trinajstić information content (AvgIpc) is 2.36. The van der Waals surface area contributed by atoms with E-state index in [2.05, 4.69) is 10.6 Å². The lowest BCUT2D eigenvalue weighted by Gasteiger charge is -2.11. The summed E-state index contributed by atoms with van der Waals surface area (Å²) in [4.78, 5) is 23.1. The molecule has 1 aromatic carbocycles. The minimum absolute atomic E-state index is 0.0203. The largest absolute Gasteiger partial charge is 0.399 e. The predicted octanol–water partition coefficient (Wildman–Crippen LogP) is 0.913. The summed E-state index contributed by atoms with van der Waals surface area (Å²) in [6.45, 7) is 3.88. The number of carbonyl (C=O) groups excluding carboxylic acids is 2. The number of carbonyl (C=O) groups is 2. The lowest BCUT2D eigenvalue weighted by atomic mass is 10.2. The van der Waals surface area contributed by atoms with Gasteiger partial charge in [0.15, 0.2) is 0 Å². The van der Waals surface area contributed by atoms with E-state index in [1.54, 1.807) is 24.3 Å². The molecule has 2 amide bonds. The number of benzene rings is 1. The summed E-state index contributed by atoms with van der Waals surface area (Å²) in [5, 5.41) is 5.33. The Kier molecular flexibility index (Phi) is 5.17. The summed E-state index contributed by atoms with van der Waals surface area (Å²) in [5.41, 5.74) is 6.61. The zero-order valence-electron chi connectivity index (χ0n) is 10.7. The number of nitrogens with two attached hydrogens (primary N) is 1. The molecule has 0 radical (unpaired) electrons. The molecule has 0 spiro atoms. The molecule has 1 atom stereocenters. The fraction of sp³-hybridized carbons (Fsp3) is 0.385. The van der Waals surface area contributed by atoms with E-state index in [0.29, 0.717) is 11.3 Å². The summed E-state index contributed by atoms with van der Waals surface area (Å²) >= 11 is 0. The first kappa shape index (κ1) is 14.0. The van der Waals surface area contributed by atoms with Gasteiger partial charge in [0, 0.05) is 17.3 Å². The Bertz CT molecular complexity index is 415. The second-order valence-electron chi connectivity index (χ2n) is 4.18. The van der Waals surface area contributed by atoms with E-state index in [9.17, 15) is 9.59 Å². The van der Waals surface area contributed by atoms with Gasteiger partial charge in [-0.1, -0.05) is 6.92 Å². The van der Waals surface area contributed by atoms with Crippen molar-refractivity contribution in [2.75, 3.05) is 12.3 Å². The smallest absolute Gasteiger partial charge is 0.251 e. The Morgan fingerprint density at radius 1 is 1.28 bits per heavy atom. The maximum atomic E-state index is 11.7. The average molecular weight is 249 g/mol. The van der Waals surface area contributed by atoms with Crippen molar-refractivity contribution < 1.29 is 9.59 Å². The van der Waals surface area contributed by atoms with Gasteiger partial charge in [-0.3, -0.25) is 9.59 Å². The minimum Gasteiger partial charge on any atom is -0.399 e.